The molecule has 0 aliphatic heterocycles. The minimum Gasteiger partial charge on any atom is -0.466 e. The Labute approximate surface area is 93.4 Å². The summed E-state index contributed by atoms with van der Waals surface area (Å²) in [4.78, 5) is 9.84. The van der Waals surface area contributed by atoms with Gasteiger partial charge in [-0.3, -0.25) is 0 Å². The smallest absolute Gasteiger partial charge is 0.329 e. The third-order valence-electron chi connectivity index (χ3n) is 0.368. The summed E-state index contributed by atoms with van der Waals surface area (Å²) in [7, 11) is 1.31. The van der Waals surface area contributed by atoms with Crippen molar-refractivity contribution in [3.63, 3.8) is 0 Å². The van der Waals surface area contributed by atoms with Crippen molar-refractivity contribution in [1.29, 1.82) is 0 Å². The molecule has 0 rings (SSSR count). The molecule has 2 nitrogen and oxygen atoms in total. The summed E-state index contributed by atoms with van der Waals surface area (Å²) in [6.45, 7) is 9.37. The third-order valence-corrected chi connectivity index (χ3v) is 0.368. The monoisotopic (exact) mass is 244 g/mol. The summed E-state index contributed by atoms with van der Waals surface area (Å²) < 4.78 is 4.25. The van der Waals surface area contributed by atoms with Crippen molar-refractivity contribution in [2.45, 2.75) is 0 Å². The molecule has 0 spiro atoms. The first-order valence-corrected chi connectivity index (χ1v) is 4.06. The number of methoxy groups -OCH3 is 1. The maximum atomic E-state index is 9.84. The van der Waals surface area contributed by atoms with E-state index in [1.165, 1.54) is 12.6 Å². The topological polar surface area (TPSA) is 26.3 Å². The van der Waals surface area contributed by atoms with Crippen molar-refractivity contribution in [1.82, 2.24) is 0 Å². The number of carbonyl (C=O) groups excluding carboxylic acids is 1. The molecule has 0 aliphatic carbocycles. The normalized spacial score (nSPS) is 6.15. The van der Waals surface area contributed by atoms with Gasteiger partial charge in [-0.15, -0.1) is 0 Å². The molecule has 0 aromatic rings. The first-order chi connectivity index (χ1) is 5.95. The van der Waals surface area contributed by atoms with Gasteiger partial charge in [0.05, 0.1) is 11.6 Å². The minimum atomic E-state index is -0.394. The van der Waals surface area contributed by atoms with E-state index in [4.69, 9.17) is 34.8 Å². The molecule has 0 unspecified atom stereocenters. The van der Waals surface area contributed by atoms with E-state index >= 15 is 0 Å². The maximum absolute atomic E-state index is 9.84. The predicted octanol–water partition coefficient (Wildman–Crippen LogP) is 3.65. The fourth-order valence-electron chi connectivity index (χ4n) is 0.0833. The third kappa shape index (κ3) is 83.4. The second kappa shape index (κ2) is 17.6. The number of carbonyl (C=O) groups is 1. The Morgan fingerprint density at radius 2 is 1.62 bits per heavy atom. The SMILES string of the molecule is C=C(Cl)Cl.C=CC(=O)OC.C=CCl. The van der Waals surface area contributed by atoms with Crippen LogP contribution in [-0.2, 0) is 9.53 Å². The van der Waals surface area contributed by atoms with Crippen molar-refractivity contribution in [3.05, 3.63) is 35.8 Å². The van der Waals surface area contributed by atoms with Gasteiger partial charge in [-0.2, -0.15) is 0 Å². The second-order valence-corrected chi connectivity index (χ2v) is 2.63. The van der Waals surface area contributed by atoms with Crippen LogP contribution in [0.1, 0.15) is 0 Å². The van der Waals surface area contributed by atoms with E-state index in [2.05, 4.69) is 24.5 Å². The summed E-state index contributed by atoms with van der Waals surface area (Å²) in [6, 6.07) is 0. The number of hydrogen-bond donors (Lipinski definition) is 0. The highest BCUT2D eigenvalue weighted by Crippen LogP contribution is 1.98. The average Bonchev–Trinajstić information content (AvgIpc) is 2.03. The van der Waals surface area contributed by atoms with Crippen LogP contribution in [0.15, 0.2) is 35.8 Å². The van der Waals surface area contributed by atoms with E-state index in [0.717, 1.165) is 6.08 Å². The van der Waals surface area contributed by atoms with Gasteiger partial charge in [0.25, 0.3) is 0 Å². The van der Waals surface area contributed by atoms with E-state index in [-0.39, 0.29) is 4.49 Å². The number of halogens is 3. The van der Waals surface area contributed by atoms with Gasteiger partial charge in [0, 0.05) is 6.08 Å². The van der Waals surface area contributed by atoms with Crippen molar-refractivity contribution in [2.75, 3.05) is 7.11 Å². The van der Waals surface area contributed by atoms with Crippen LogP contribution in [-0.4, -0.2) is 13.1 Å². The Hall–Kier alpha value is -0.440. The minimum absolute atomic E-state index is 0.111. The molecule has 0 N–H and O–H groups in total. The number of rotatable bonds is 1. The Bertz CT molecular complexity index is 163. The van der Waals surface area contributed by atoms with Crippen LogP contribution in [0.3, 0.4) is 0 Å². The zero-order valence-electron chi connectivity index (χ0n) is 7.23. The highest BCUT2D eigenvalue weighted by Gasteiger charge is 1.81. The summed E-state index contributed by atoms with van der Waals surface area (Å²) >= 11 is 14.5. The van der Waals surface area contributed by atoms with Crippen LogP contribution in [0.4, 0.5) is 0 Å². The maximum Gasteiger partial charge on any atom is 0.329 e. The molecule has 0 aromatic carbocycles. The van der Waals surface area contributed by atoms with E-state index < -0.39 is 5.97 Å². The summed E-state index contributed by atoms with van der Waals surface area (Å²) in [5.74, 6) is -0.394. The predicted molar refractivity (Wildman–Crippen MR) is 59.1 cm³/mol. The Balaban J connectivity index is -0.000000125. The number of ether oxygens (including phenoxy) is 1. The summed E-state index contributed by atoms with van der Waals surface area (Å²) in [6.07, 6.45) is 1.11. The Morgan fingerprint density at radius 3 is 1.62 bits per heavy atom. The van der Waals surface area contributed by atoms with Gasteiger partial charge in [-0.25, -0.2) is 4.79 Å². The lowest BCUT2D eigenvalue weighted by molar-refractivity contribution is -0.134. The zero-order valence-corrected chi connectivity index (χ0v) is 9.49. The van der Waals surface area contributed by atoms with Crippen molar-refractivity contribution >= 4 is 40.8 Å². The molecule has 0 saturated heterocycles. The highest BCUT2D eigenvalue weighted by atomic mass is 35.5. The first kappa shape index (κ1) is 18.4. The standard InChI is InChI=1S/C4H6O2.C2H2Cl2.C2H3Cl/c1-3-4(5)6-2;1-2(3)4;1-2-3/h3H,1H2,2H3;1H2;2H,1H2. The second-order valence-electron chi connectivity index (χ2n) is 1.22. The molecule has 0 amide bonds. The number of hydrogen-bond acceptors (Lipinski definition) is 2. The van der Waals surface area contributed by atoms with Crippen LogP contribution in [0.5, 0.6) is 0 Å². The molecule has 13 heavy (non-hydrogen) atoms. The van der Waals surface area contributed by atoms with Crippen LogP contribution in [0, 0.1) is 0 Å². The van der Waals surface area contributed by atoms with Gasteiger partial charge in [0.2, 0.25) is 0 Å². The Morgan fingerprint density at radius 1 is 1.38 bits per heavy atom. The molecule has 0 atom stereocenters. The lowest BCUT2D eigenvalue weighted by atomic mass is 10.7. The van der Waals surface area contributed by atoms with Gasteiger partial charge >= 0.3 is 5.97 Å². The molecule has 0 fully saturated rings. The molecule has 0 bridgehead atoms. The Kier molecular flexibility index (Phi) is 24.9. The van der Waals surface area contributed by atoms with Gasteiger partial charge in [-0.05, 0) is 5.54 Å². The molecule has 0 aliphatic rings. The lowest BCUT2D eigenvalue weighted by Gasteiger charge is -1.83. The van der Waals surface area contributed by atoms with Crippen molar-refractivity contribution in [3.8, 4) is 0 Å². The van der Waals surface area contributed by atoms with Crippen LogP contribution < -0.4 is 0 Å². The van der Waals surface area contributed by atoms with Crippen LogP contribution >= 0.6 is 34.8 Å². The van der Waals surface area contributed by atoms with E-state index in [1.54, 1.807) is 0 Å². The summed E-state index contributed by atoms with van der Waals surface area (Å²) in [5.41, 5.74) is 1.22. The molecule has 76 valence electrons. The molecular weight excluding hydrogens is 234 g/mol. The fraction of sp³-hybridized carbons (Fsp3) is 0.125. The van der Waals surface area contributed by atoms with E-state index in [1.807, 2.05) is 0 Å². The van der Waals surface area contributed by atoms with Gasteiger partial charge in [0.1, 0.15) is 0 Å². The molecule has 0 saturated carbocycles. The van der Waals surface area contributed by atoms with Crippen LogP contribution in [0.25, 0.3) is 0 Å². The van der Waals surface area contributed by atoms with Crippen molar-refractivity contribution < 1.29 is 9.53 Å². The molecule has 0 radical (unpaired) electrons. The highest BCUT2D eigenvalue weighted by molar-refractivity contribution is 6.55. The molecule has 0 aromatic heterocycles. The average molecular weight is 246 g/mol. The van der Waals surface area contributed by atoms with Crippen molar-refractivity contribution in [2.24, 2.45) is 0 Å². The summed E-state index contributed by atoms with van der Waals surface area (Å²) in [5, 5.41) is 0. The van der Waals surface area contributed by atoms with Gasteiger partial charge in [-0.1, -0.05) is 54.5 Å². The lowest BCUT2D eigenvalue weighted by Crippen LogP contribution is -1.91. The fourth-order valence-corrected chi connectivity index (χ4v) is 0.0833. The molecular formula is C8H11Cl3O2. The van der Waals surface area contributed by atoms with Crippen LogP contribution in [0.2, 0.25) is 0 Å². The first-order valence-electron chi connectivity index (χ1n) is 2.87. The number of esters is 1. The zero-order chi connectivity index (χ0) is 11.3. The van der Waals surface area contributed by atoms with E-state index in [9.17, 15) is 4.79 Å². The molecule has 0 heterocycles. The molecule has 5 heteroatoms. The van der Waals surface area contributed by atoms with E-state index in [0.29, 0.717) is 0 Å². The van der Waals surface area contributed by atoms with Gasteiger partial charge < -0.3 is 4.74 Å². The quantitative estimate of drug-likeness (QED) is 0.521. The van der Waals surface area contributed by atoms with Gasteiger partial charge in [0.15, 0.2) is 0 Å². The largest absolute Gasteiger partial charge is 0.466 e.